The van der Waals surface area contributed by atoms with E-state index in [-0.39, 0.29) is 12.5 Å². The standard InChI is InChI=1S/C23H32N2O2S/c1-3-5-6-7-8-9-10-14-25-20-15-18(12-13-21(20)27-16-23(25)26)19-17-28-22(24-19)11-4-2/h12-13,15,17H,3-11,14,16H2,1-2H3. The van der Waals surface area contributed by atoms with Gasteiger partial charge in [0.15, 0.2) is 6.61 Å². The first-order valence-corrected chi connectivity index (χ1v) is 11.6. The summed E-state index contributed by atoms with van der Waals surface area (Å²) < 4.78 is 5.66. The number of benzene rings is 1. The third-order valence-electron chi connectivity index (χ3n) is 5.20. The molecule has 5 heteroatoms. The van der Waals surface area contributed by atoms with E-state index in [0.717, 1.165) is 48.5 Å². The molecule has 0 bridgehead atoms. The Morgan fingerprint density at radius 1 is 1.07 bits per heavy atom. The van der Waals surface area contributed by atoms with Crippen molar-refractivity contribution in [2.45, 2.75) is 71.6 Å². The minimum atomic E-state index is 0.0561. The Labute approximate surface area is 172 Å². The first kappa shape index (κ1) is 20.8. The number of thiazole rings is 1. The van der Waals surface area contributed by atoms with Gasteiger partial charge in [-0.1, -0.05) is 52.4 Å². The van der Waals surface area contributed by atoms with Crippen LogP contribution in [0.1, 0.15) is 70.2 Å². The lowest BCUT2D eigenvalue weighted by Crippen LogP contribution is -2.39. The van der Waals surface area contributed by atoms with Gasteiger partial charge in [0.25, 0.3) is 5.91 Å². The van der Waals surface area contributed by atoms with Crippen molar-refractivity contribution < 1.29 is 9.53 Å². The summed E-state index contributed by atoms with van der Waals surface area (Å²) >= 11 is 1.71. The summed E-state index contributed by atoms with van der Waals surface area (Å²) in [4.78, 5) is 19.1. The number of hydrogen-bond donors (Lipinski definition) is 0. The van der Waals surface area contributed by atoms with Crippen LogP contribution in [0.25, 0.3) is 11.3 Å². The lowest BCUT2D eigenvalue weighted by atomic mass is 10.1. The normalized spacial score (nSPS) is 13.5. The molecule has 4 nitrogen and oxygen atoms in total. The lowest BCUT2D eigenvalue weighted by Gasteiger charge is -2.29. The first-order valence-electron chi connectivity index (χ1n) is 10.7. The Balaban J connectivity index is 1.66. The molecule has 1 aromatic heterocycles. The Morgan fingerprint density at radius 3 is 2.64 bits per heavy atom. The average molecular weight is 401 g/mol. The molecular weight excluding hydrogens is 368 g/mol. The number of unbranched alkanes of at least 4 members (excludes halogenated alkanes) is 6. The summed E-state index contributed by atoms with van der Waals surface area (Å²) in [5.41, 5.74) is 2.94. The maximum atomic E-state index is 12.5. The minimum Gasteiger partial charge on any atom is -0.482 e. The van der Waals surface area contributed by atoms with E-state index in [2.05, 4.69) is 25.3 Å². The lowest BCUT2D eigenvalue weighted by molar-refractivity contribution is -0.121. The molecule has 0 fully saturated rings. The molecule has 3 rings (SSSR count). The molecule has 0 radical (unpaired) electrons. The maximum Gasteiger partial charge on any atom is 0.265 e. The van der Waals surface area contributed by atoms with Gasteiger partial charge < -0.3 is 9.64 Å². The van der Waals surface area contributed by atoms with Crippen LogP contribution in [0.2, 0.25) is 0 Å². The van der Waals surface area contributed by atoms with Crippen LogP contribution in [0.5, 0.6) is 5.75 Å². The summed E-state index contributed by atoms with van der Waals surface area (Å²) in [6.07, 6.45) is 10.8. The molecule has 28 heavy (non-hydrogen) atoms. The topological polar surface area (TPSA) is 42.4 Å². The number of ether oxygens (including phenoxy) is 1. The van der Waals surface area contributed by atoms with Gasteiger partial charge in [0, 0.05) is 17.5 Å². The molecule has 0 saturated heterocycles. The molecule has 1 aliphatic rings. The summed E-state index contributed by atoms with van der Waals surface area (Å²) in [6, 6.07) is 6.09. The van der Waals surface area contributed by atoms with E-state index in [1.807, 2.05) is 17.0 Å². The van der Waals surface area contributed by atoms with Crippen LogP contribution in [0.4, 0.5) is 5.69 Å². The van der Waals surface area contributed by atoms with E-state index in [4.69, 9.17) is 9.72 Å². The molecule has 0 atom stereocenters. The Hall–Kier alpha value is -1.88. The molecule has 0 saturated carbocycles. The zero-order chi connectivity index (χ0) is 19.8. The highest BCUT2D eigenvalue weighted by atomic mass is 32.1. The fourth-order valence-electron chi connectivity index (χ4n) is 3.61. The maximum absolute atomic E-state index is 12.5. The molecule has 2 aromatic rings. The summed E-state index contributed by atoms with van der Waals surface area (Å²) in [5, 5.41) is 3.28. The molecule has 0 N–H and O–H groups in total. The molecule has 1 aromatic carbocycles. The van der Waals surface area contributed by atoms with Gasteiger partial charge >= 0.3 is 0 Å². The second-order valence-corrected chi connectivity index (χ2v) is 8.46. The van der Waals surface area contributed by atoms with Gasteiger partial charge in [-0.25, -0.2) is 4.98 Å². The van der Waals surface area contributed by atoms with Gasteiger partial charge in [-0.05, 0) is 37.5 Å². The van der Waals surface area contributed by atoms with Crippen LogP contribution in [-0.2, 0) is 11.2 Å². The van der Waals surface area contributed by atoms with Crippen LogP contribution in [0.15, 0.2) is 23.6 Å². The Kier molecular flexibility index (Phi) is 7.90. The van der Waals surface area contributed by atoms with Crippen LogP contribution < -0.4 is 9.64 Å². The molecule has 152 valence electrons. The molecular formula is C23H32N2O2S. The Bertz CT molecular complexity index is 772. The van der Waals surface area contributed by atoms with E-state index in [0.29, 0.717) is 0 Å². The van der Waals surface area contributed by atoms with Gasteiger partial charge in [0.2, 0.25) is 0 Å². The van der Waals surface area contributed by atoms with Crippen molar-refractivity contribution in [2.75, 3.05) is 18.1 Å². The number of aryl methyl sites for hydroxylation is 1. The zero-order valence-corrected chi connectivity index (χ0v) is 18.0. The van der Waals surface area contributed by atoms with E-state index in [1.165, 1.54) is 43.5 Å². The number of nitrogens with zero attached hydrogens (tertiary/aromatic N) is 2. The Morgan fingerprint density at radius 2 is 1.86 bits per heavy atom. The van der Waals surface area contributed by atoms with E-state index >= 15 is 0 Å². The second-order valence-electron chi connectivity index (χ2n) is 7.51. The van der Waals surface area contributed by atoms with Crippen molar-refractivity contribution in [1.29, 1.82) is 0 Å². The quantitative estimate of drug-likeness (QED) is 0.419. The SMILES string of the molecule is CCCCCCCCCN1C(=O)COc2ccc(-c3csc(CCC)n3)cc21. The van der Waals surface area contributed by atoms with Crippen molar-refractivity contribution >= 4 is 22.9 Å². The number of amides is 1. The highest BCUT2D eigenvalue weighted by Gasteiger charge is 2.25. The van der Waals surface area contributed by atoms with E-state index in [9.17, 15) is 4.79 Å². The predicted octanol–water partition coefficient (Wildman–Crippen LogP) is 6.24. The average Bonchev–Trinajstić information content (AvgIpc) is 3.17. The van der Waals surface area contributed by atoms with E-state index < -0.39 is 0 Å². The number of rotatable bonds is 11. The third kappa shape index (κ3) is 5.34. The summed E-state index contributed by atoms with van der Waals surface area (Å²) in [6.45, 7) is 5.32. The first-order chi connectivity index (χ1) is 13.7. The van der Waals surface area contributed by atoms with Gasteiger partial charge in [0.1, 0.15) is 5.75 Å². The monoisotopic (exact) mass is 400 g/mol. The van der Waals surface area contributed by atoms with Gasteiger partial charge in [-0.3, -0.25) is 4.79 Å². The van der Waals surface area contributed by atoms with E-state index in [1.54, 1.807) is 11.3 Å². The van der Waals surface area contributed by atoms with Crippen LogP contribution in [0, 0.1) is 0 Å². The van der Waals surface area contributed by atoms with Crippen molar-refractivity contribution in [2.24, 2.45) is 0 Å². The van der Waals surface area contributed by atoms with Gasteiger partial charge in [0.05, 0.1) is 16.4 Å². The number of carbonyl (C=O) groups excluding carboxylic acids is 1. The number of aromatic nitrogens is 1. The van der Waals surface area contributed by atoms with Gasteiger partial charge in [-0.15, -0.1) is 11.3 Å². The van der Waals surface area contributed by atoms with Crippen LogP contribution in [0.3, 0.4) is 0 Å². The zero-order valence-electron chi connectivity index (χ0n) is 17.2. The largest absolute Gasteiger partial charge is 0.482 e. The van der Waals surface area contributed by atoms with Crippen molar-refractivity contribution in [1.82, 2.24) is 4.98 Å². The molecule has 0 aliphatic carbocycles. The molecule has 1 aliphatic heterocycles. The number of hydrogen-bond acceptors (Lipinski definition) is 4. The van der Waals surface area contributed by atoms with Crippen molar-refractivity contribution in [3.8, 4) is 17.0 Å². The highest BCUT2D eigenvalue weighted by molar-refractivity contribution is 7.09. The minimum absolute atomic E-state index is 0.0561. The number of anilines is 1. The molecule has 0 unspecified atom stereocenters. The van der Waals surface area contributed by atoms with Crippen molar-refractivity contribution in [3.63, 3.8) is 0 Å². The predicted molar refractivity (Wildman–Crippen MR) is 117 cm³/mol. The number of carbonyl (C=O) groups is 1. The molecule has 1 amide bonds. The van der Waals surface area contributed by atoms with Crippen molar-refractivity contribution in [3.05, 3.63) is 28.6 Å². The van der Waals surface area contributed by atoms with Crippen LogP contribution >= 0.6 is 11.3 Å². The fourth-order valence-corrected chi connectivity index (χ4v) is 4.52. The fraction of sp³-hybridized carbons (Fsp3) is 0.565. The van der Waals surface area contributed by atoms with Gasteiger partial charge in [-0.2, -0.15) is 0 Å². The molecule has 2 heterocycles. The summed E-state index contributed by atoms with van der Waals surface area (Å²) in [7, 11) is 0. The van der Waals surface area contributed by atoms with Crippen LogP contribution in [-0.4, -0.2) is 24.0 Å². The highest BCUT2D eigenvalue weighted by Crippen LogP contribution is 2.36. The smallest absolute Gasteiger partial charge is 0.265 e. The molecule has 0 spiro atoms. The second kappa shape index (κ2) is 10.6. The third-order valence-corrected chi connectivity index (χ3v) is 6.11. The summed E-state index contributed by atoms with van der Waals surface area (Å²) in [5.74, 6) is 0.857. The number of fused-ring (bicyclic) bond motifs is 1.